The van der Waals surface area contributed by atoms with Crippen LogP contribution in [0.15, 0.2) is 91.0 Å². The third-order valence-corrected chi connectivity index (χ3v) is 17.0. The van der Waals surface area contributed by atoms with Crippen LogP contribution in [0.3, 0.4) is 0 Å². The molecule has 14 N–H and O–H groups in total. The standard InChI is InChI=1S/C24H39BN2O5P.2C15H22BO4.C8H16BO3.2C8H18BO3.6CH4O.CH5P/c1-7-14-25-23(18-29-24(28)22-12-9-8-10-13-22)32-21(6)17-31-33(30-16-11-15-26)27(19(2)3)20(4)5;2*1-3-9-16-14(20-12(2)10-17)11-19-15(18)13-7-5-4-6-8-13;1-3-4-9-8-7(11)6(10)5(2)12-8;2*1-3-4-9-8(6-11)12-7(2)5-10;7*1-2/h8-10,12-13,19-21,23H,7,11,14,16-18H2,1-6H3;2*4-8,12,14,17H,3,9-11H2,1-2H3;5-8,10-11H,3-4H2,1-2H3;2*7-8,10-11H,3-6H2,1-2H3;6*2H,1H3;2H2,1H3/t21-,23-,33?;2*12-,14-;5-,6+,7?,8-;2*7-,8-;;;;;;;/m111111......./s1/i6D;5*2D;6*2T;. The lowest BCUT2D eigenvalue weighted by Crippen LogP contribution is -2.35. The van der Waals surface area contributed by atoms with Crippen LogP contribution in [0.4, 0.5) is 0 Å². The summed E-state index contributed by atoms with van der Waals surface area (Å²) in [5.41, 5.74) is 1.47. The van der Waals surface area contributed by atoms with Crippen LogP contribution in [-0.4, -0.2) is 365 Å². The van der Waals surface area contributed by atoms with Crippen molar-refractivity contribution in [2.75, 3.05) is 122 Å². The first-order valence-corrected chi connectivity index (χ1v) is 43.4. The van der Waals surface area contributed by atoms with E-state index in [1.165, 1.54) is 42.7 Å². The van der Waals surface area contributed by atoms with E-state index < -0.39 is 99.3 Å². The molecule has 1 fully saturated rings. The van der Waals surface area contributed by atoms with Crippen molar-refractivity contribution < 1.29 is 146 Å². The number of nitriles is 1. The molecular weight excluding hydrogens is 1620 g/mol. The Balaban J connectivity index is -0.000000199. The molecule has 30 nitrogen and oxygen atoms in total. The van der Waals surface area contributed by atoms with Gasteiger partial charge in [-0.3, -0.25) is 0 Å². The van der Waals surface area contributed by atoms with Crippen LogP contribution in [0.2, 0.25) is 37.9 Å². The number of carbonyl (C=O) groups is 3. The van der Waals surface area contributed by atoms with Crippen LogP contribution < -0.4 is 0 Å². The first kappa shape index (κ1) is 111. The monoisotopic (exact) mass is 1810 g/mol. The van der Waals surface area contributed by atoms with Crippen LogP contribution in [0, 0.1) is 11.3 Å². The molecule has 1 heterocycles. The lowest BCUT2D eigenvalue weighted by atomic mass is 9.65. The molecule has 1 saturated heterocycles. The lowest BCUT2D eigenvalue weighted by Gasteiger charge is -2.36. The summed E-state index contributed by atoms with van der Waals surface area (Å²) in [5.74, 6) is -1.21. The van der Waals surface area contributed by atoms with Gasteiger partial charge in [-0.05, 0) is 105 Å². The SMILES string of the molecule is CP.[2H]C[C@H](CO)O[C@@H]([B]CCC)CO.[2H]C[C@H](CO)O[C@@H]([B]CCC)CO.[2H]C[C@H](CO)O[C@@H]([B]CCC)COC(=O)c1ccccc1.[2H]C[C@H](CO)O[C@@H]([B]CCC)COC(=O)c1ccccc1.[2H]C[C@H](COP(OCCC#N)N(C(C)C)C(C)C)O[C@@H]([B]CCC)COC(=O)c1ccccc1.[2H]C[C@H]1O[C@@H]([B]CCC)C(O)[C@H]1O.[3H]OC.[3H]OC.[3H]OC.[3H]OC.[3H]OC.[3H]OC. The fourth-order valence-electron chi connectivity index (χ4n) is 9.25. The quantitative estimate of drug-likeness (QED) is 0.00832. The van der Waals surface area contributed by atoms with Gasteiger partial charge in [0.15, 0.2) is 43.7 Å². The van der Waals surface area contributed by atoms with Crippen LogP contribution in [0.1, 0.15) is 195 Å². The van der Waals surface area contributed by atoms with Gasteiger partial charge in [0.1, 0.15) is 32.0 Å². The molecule has 1 aliphatic heterocycles. The fraction of sp³-hybridized carbons (Fsp3) is 0.741. The molecule has 3 unspecified atom stereocenters. The van der Waals surface area contributed by atoms with Gasteiger partial charge in [0, 0.05) is 75.0 Å². The Morgan fingerprint density at radius 3 is 0.992 bits per heavy atom. The second kappa shape index (κ2) is 103. The summed E-state index contributed by atoms with van der Waals surface area (Å²) in [6.45, 7) is 22.2. The van der Waals surface area contributed by atoms with E-state index in [9.17, 15) is 24.6 Å². The molecule has 3 aromatic rings. The summed E-state index contributed by atoms with van der Waals surface area (Å²) in [7, 11) is 20.2. The second-order valence-corrected chi connectivity index (χ2v) is 27.0. The molecular formula is C85H164B6N2O28P2. The number of hydrogen-bond donors (Lipinski definition) is 14. The van der Waals surface area contributed by atoms with E-state index in [0.717, 1.165) is 76.4 Å². The minimum atomic E-state index is -1.41. The Hall–Kier alpha value is -4.11. The first-order chi connectivity index (χ1) is 65.0. The number of carbonyl (C=O) groups excluding carboxylic acids is 3. The number of aliphatic hydroxyl groups is 14. The highest BCUT2D eigenvalue weighted by atomic mass is 31.2. The van der Waals surface area contributed by atoms with Gasteiger partial charge in [-0.2, -0.15) is 5.26 Å². The molecule has 1 aliphatic rings. The smallest absolute Gasteiger partial charge is 0.338 e. The van der Waals surface area contributed by atoms with Crippen molar-refractivity contribution >= 4 is 79.4 Å². The molecule has 6 radical (unpaired) electrons. The van der Waals surface area contributed by atoms with Crippen LogP contribution in [0.5, 0.6) is 0 Å². The Bertz CT molecular complexity index is 2790. The zero-order chi connectivity index (χ0) is 105. The third-order valence-electron chi connectivity index (χ3n) is 14.9. The van der Waals surface area contributed by atoms with Crippen molar-refractivity contribution in [1.82, 2.24) is 4.67 Å². The van der Waals surface area contributed by atoms with Crippen LogP contribution in [0.25, 0.3) is 0 Å². The van der Waals surface area contributed by atoms with Crippen molar-refractivity contribution in [2.45, 2.75) is 290 Å². The van der Waals surface area contributed by atoms with Crippen molar-refractivity contribution in [1.29, 1.82) is 13.8 Å². The normalized spacial score (nSPS) is 16.9. The topological polar surface area (TPSA) is 463 Å². The molecule has 4 rings (SSSR count). The predicted octanol–water partition coefficient (Wildman–Crippen LogP) is 8.20. The van der Waals surface area contributed by atoms with Gasteiger partial charge >= 0.3 is 17.9 Å². The van der Waals surface area contributed by atoms with Crippen molar-refractivity contribution in [3.63, 3.8) is 0 Å². The van der Waals surface area contributed by atoms with Crippen LogP contribution >= 0.6 is 17.8 Å². The number of esters is 3. The van der Waals surface area contributed by atoms with Gasteiger partial charge in [-0.15, -0.1) is 9.24 Å². The van der Waals surface area contributed by atoms with E-state index in [0.29, 0.717) is 16.7 Å². The van der Waals surface area contributed by atoms with Crippen molar-refractivity contribution in [3.05, 3.63) is 108 Å². The van der Waals surface area contributed by atoms with Crippen molar-refractivity contribution in [3.8, 4) is 6.07 Å². The summed E-state index contributed by atoms with van der Waals surface area (Å²) < 4.78 is 141. The number of hydrogen-bond acceptors (Lipinski definition) is 30. The zero-order valence-corrected chi connectivity index (χ0v) is 78.8. The number of aliphatic hydroxyl groups excluding tert-OH is 14. The Kier molecular flexibility index (Phi) is 93.4. The molecule has 0 amide bonds. The molecule has 123 heavy (non-hydrogen) atoms. The largest absolute Gasteiger partial charge is 0.460 e. The Labute approximate surface area is 766 Å². The average molecular weight is 1810 g/mol. The molecule has 16 atom stereocenters. The van der Waals surface area contributed by atoms with Crippen LogP contribution in [-0.2, 0) is 51.7 Å². The molecule has 38 heteroatoms. The highest BCUT2D eigenvalue weighted by molar-refractivity contribution is 7.44. The molecule has 0 bridgehead atoms. The maximum Gasteiger partial charge on any atom is 0.338 e. The van der Waals surface area contributed by atoms with E-state index in [4.69, 9.17) is 104 Å². The molecule has 0 aliphatic carbocycles. The summed E-state index contributed by atoms with van der Waals surface area (Å²) in [5, 5.41) is 102. The van der Waals surface area contributed by atoms with E-state index >= 15 is 0 Å². The maximum absolute atomic E-state index is 12.3. The molecule has 0 spiro atoms. The highest BCUT2D eigenvalue weighted by Gasteiger charge is 2.39. The highest BCUT2D eigenvalue weighted by Crippen LogP contribution is 2.46. The minimum absolute atomic E-state index is 0.00527. The zero-order valence-electron chi connectivity index (χ0n) is 88.7. The van der Waals surface area contributed by atoms with Gasteiger partial charge in [0.2, 0.25) is 8.59 Å². The van der Waals surface area contributed by atoms with E-state index in [-0.39, 0.29) is 145 Å². The van der Waals surface area contributed by atoms with Gasteiger partial charge in [-0.1, -0.05) is 179 Å². The number of benzene rings is 3. The van der Waals surface area contributed by atoms with Gasteiger partial charge in [0.25, 0.3) is 8.53 Å². The maximum atomic E-state index is 12.3. The molecule has 3 aromatic carbocycles. The second-order valence-electron chi connectivity index (χ2n) is 25.6. The van der Waals surface area contributed by atoms with Gasteiger partial charge in [0.05, 0.1) is 143 Å². The predicted molar refractivity (Wildman–Crippen MR) is 501 cm³/mol. The number of nitrogens with zero attached hydrogens (tertiary/aromatic N) is 2. The minimum Gasteiger partial charge on any atom is -0.460 e. The summed E-state index contributed by atoms with van der Waals surface area (Å²) in [6, 6.07) is 26.5. The number of rotatable bonds is 52. The molecule has 710 valence electrons. The Morgan fingerprint density at radius 1 is 0.463 bits per heavy atom. The van der Waals surface area contributed by atoms with E-state index in [1.807, 2.05) is 103 Å². The summed E-state index contributed by atoms with van der Waals surface area (Å²) >= 11 is 0. The van der Waals surface area contributed by atoms with Gasteiger partial charge in [-0.25, -0.2) is 19.1 Å². The molecule has 0 aromatic heterocycles. The summed E-state index contributed by atoms with van der Waals surface area (Å²) in [4.78, 5) is 36.1. The van der Waals surface area contributed by atoms with Gasteiger partial charge < -0.3 is 123 Å². The average Bonchev–Trinajstić information content (AvgIpc) is 1.83. The third kappa shape index (κ3) is 79.8. The molecule has 0 saturated carbocycles. The lowest BCUT2D eigenvalue weighted by molar-refractivity contribution is -0.0252. The van der Waals surface area contributed by atoms with E-state index in [2.05, 4.69) is 85.3 Å². The first-order valence-electron chi connectivity index (χ1n) is 47.8. The fourth-order valence-corrected chi connectivity index (χ4v) is 10.9. The van der Waals surface area contributed by atoms with Crippen molar-refractivity contribution in [2.24, 2.45) is 0 Å². The summed E-state index contributed by atoms with van der Waals surface area (Å²) in [6.07, 6.45) is 6.30. The van der Waals surface area contributed by atoms with E-state index in [1.54, 1.807) is 72.8 Å². The number of ether oxygens (including phenoxy) is 9. The Morgan fingerprint density at radius 2 is 0.748 bits per heavy atom.